The number of nitrogens with zero attached hydrogens (tertiary/aromatic N) is 3. The van der Waals surface area contributed by atoms with Gasteiger partial charge in [0, 0.05) is 0 Å². The summed E-state index contributed by atoms with van der Waals surface area (Å²) in [4.78, 5) is 5.91. The van der Waals surface area contributed by atoms with Crippen LogP contribution in [0.2, 0.25) is 0 Å². The van der Waals surface area contributed by atoms with Gasteiger partial charge in [-0.05, 0) is 21.0 Å². The van der Waals surface area contributed by atoms with Crippen molar-refractivity contribution in [2.45, 2.75) is 19.6 Å². The first-order chi connectivity index (χ1) is 5.59. The molecule has 1 rings (SSSR count). The molecule has 1 heterocycles. The first-order valence-electron chi connectivity index (χ1n) is 3.75. The summed E-state index contributed by atoms with van der Waals surface area (Å²) >= 11 is 0. The molecular formula is C7H13N3O2. The Morgan fingerprint density at radius 2 is 2.25 bits per heavy atom. The van der Waals surface area contributed by atoms with Crippen LogP contribution in [0.5, 0.6) is 0 Å². The van der Waals surface area contributed by atoms with Gasteiger partial charge in [0.25, 0.3) is 5.89 Å². The lowest BCUT2D eigenvalue weighted by Gasteiger charge is -2.03. The highest BCUT2D eigenvalue weighted by molar-refractivity contribution is 4.87. The largest absolute Gasteiger partial charge is 0.384 e. The normalized spacial score (nSPS) is 13.8. The Balaban J connectivity index is 2.64. The Bertz CT molecular complexity index is 245. The predicted octanol–water partition coefficient (Wildman–Crippen LogP) is 0.184. The molecule has 68 valence electrons. The first-order valence-corrected chi connectivity index (χ1v) is 3.75. The van der Waals surface area contributed by atoms with Crippen LogP contribution in [-0.2, 0) is 6.54 Å². The molecule has 12 heavy (non-hydrogen) atoms. The van der Waals surface area contributed by atoms with Gasteiger partial charge in [-0.2, -0.15) is 4.98 Å². The summed E-state index contributed by atoms with van der Waals surface area (Å²) in [5.41, 5.74) is 0. The summed E-state index contributed by atoms with van der Waals surface area (Å²) in [6.45, 7) is 2.21. The molecule has 0 aromatic carbocycles. The Morgan fingerprint density at radius 3 is 2.67 bits per heavy atom. The van der Waals surface area contributed by atoms with Gasteiger partial charge in [-0.1, -0.05) is 5.16 Å². The molecule has 0 aliphatic heterocycles. The van der Waals surface area contributed by atoms with Crippen LogP contribution < -0.4 is 0 Å². The standard InChI is InChI=1S/C7H13N3O2/c1-5(11)7-8-6(9-12-7)4-10(2)3/h5,11H,4H2,1-3H3/t5-/m0/s1. The average Bonchev–Trinajstić information content (AvgIpc) is 2.34. The second kappa shape index (κ2) is 3.64. The Morgan fingerprint density at radius 1 is 1.58 bits per heavy atom. The molecule has 1 aromatic heterocycles. The Hall–Kier alpha value is -0.940. The van der Waals surface area contributed by atoms with Crippen LogP contribution in [-0.4, -0.2) is 34.2 Å². The molecule has 0 unspecified atom stereocenters. The molecule has 0 saturated carbocycles. The molecule has 1 N–H and O–H groups in total. The van der Waals surface area contributed by atoms with Gasteiger partial charge >= 0.3 is 0 Å². The minimum absolute atomic E-state index is 0.270. The van der Waals surface area contributed by atoms with Crippen molar-refractivity contribution in [2.75, 3.05) is 14.1 Å². The fourth-order valence-corrected chi connectivity index (χ4v) is 0.784. The molecule has 0 amide bonds. The van der Waals surface area contributed by atoms with Crippen LogP contribution >= 0.6 is 0 Å². The van der Waals surface area contributed by atoms with Gasteiger partial charge in [-0.25, -0.2) is 0 Å². The van der Waals surface area contributed by atoms with E-state index in [0.717, 1.165) is 0 Å². The molecule has 0 radical (unpaired) electrons. The van der Waals surface area contributed by atoms with Crippen molar-refractivity contribution in [3.05, 3.63) is 11.7 Å². The van der Waals surface area contributed by atoms with E-state index in [4.69, 9.17) is 9.63 Å². The molecule has 1 atom stereocenters. The molecule has 0 aliphatic carbocycles. The molecule has 1 aromatic rings. The van der Waals surface area contributed by atoms with Crippen LogP contribution in [0.25, 0.3) is 0 Å². The van der Waals surface area contributed by atoms with E-state index < -0.39 is 6.10 Å². The van der Waals surface area contributed by atoms with Crippen molar-refractivity contribution < 1.29 is 9.63 Å². The topological polar surface area (TPSA) is 62.4 Å². The number of aliphatic hydroxyl groups excluding tert-OH is 1. The zero-order chi connectivity index (χ0) is 9.14. The van der Waals surface area contributed by atoms with Crippen LogP contribution in [0.3, 0.4) is 0 Å². The maximum atomic E-state index is 9.06. The zero-order valence-corrected chi connectivity index (χ0v) is 7.48. The van der Waals surface area contributed by atoms with Gasteiger partial charge in [0.1, 0.15) is 6.10 Å². The lowest BCUT2D eigenvalue weighted by atomic mass is 10.4. The van der Waals surface area contributed by atoms with Crippen molar-refractivity contribution in [3.8, 4) is 0 Å². The molecule has 0 fully saturated rings. The molecule has 0 aliphatic rings. The SMILES string of the molecule is C[C@H](O)c1nc(CN(C)C)no1. The maximum Gasteiger partial charge on any atom is 0.255 e. The van der Waals surface area contributed by atoms with Crippen LogP contribution in [0, 0.1) is 0 Å². The quantitative estimate of drug-likeness (QED) is 0.703. The highest BCUT2D eigenvalue weighted by Gasteiger charge is 2.10. The molecule has 5 nitrogen and oxygen atoms in total. The van der Waals surface area contributed by atoms with Gasteiger partial charge < -0.3 is 14.5 Å². The van der Waals surface area contributed by atoms with Crippen molar-refractivity contribution >= 4 is 0 Å². The van der Waals surface area contributed by atoms with E-state index in [1.54, 1.807) is 6.92 Å². The Labute approximate surface area is 71.0 Å². The highest BCUT2D eigenvalue weighted by atomic mass is 16.5. The second-order valence-electron chi connectivity index (χ2n) is 2.96. The molecular weight excluding hydrogens is 158 g/mol. The minimum Gasteiger partial charge on any atom is -0.384 e. The van der Waals surface area contributed by atoms with Gasteiger partial charge in [-0.15, -0.1) is 0 Å². The van der Waals surface area contributed by atoms with E-state index >= 15 is 0 Å². The fraction of sp³-hybridized carbons (Fsp3) is 0.714. The number of rotatable bonds is 3. The lowest BCUT2D eigenvalue weighted by Crippen LogP contribution is -2.11. The fourth-order valence-electron chi connectivity index (χ4n) is 0.784. The summed E-state index contributed by atoms with van der Waals surface area (Å²) in [6.07, 6.45) is -0.687. The number of aliphatic hydroxyl groups is 1. The van der Waals surface area contributed by atoms with E-state index in [2.05, 4.69) is 10.1 Å². The molecule has 0 bridgehead atoms. The maximum absolute atomic E-state index is 9.06. The minimum atomic E-state index is -0.687. The van der Waals surface area contributed by atoms with E-state index in [0.29, 0.717) is 12.4 Å². The summed E-state index contributed by atoms with van der Waals surface area (Å²) < 4.78 is 4.79. The average molecular weight is 171 g/mol. The lowest BCUT2D eigenvalue weighted by molar-refractivity contribution is 0.151. The van der Waals surface area contributed by atoms with Crippen LogP contribution in [0.15, 0.2) is 4.52 Å². The summed E-state index contributed by atoms with van der Waals surface area (Å²) in [5.74, 6) is 0.864. The molecule has 0 saturated heterocycles. The third-order valence-corrected chi connectivity index (χ3v) is 1.30. The van der Waals surface area contributed by atoms with Crippen LogP contribution in [0.1, 0.15) is 24.7 Å². The molecule has 5 heteroatoms. The predicted molar refractivity (Wildman–Crippen MR) is 42.3 cm³/mol. The van der Waals surface area contributed by atoms with Crippen molar-refractivity contribution in [1.29, 1.82) is 0 Å². The number of hydrogen-bond acceptors (Lipinski definition) is 5. The molecule has 0 spiro atoms. The van der Waals surface area contributed by atoms with Gasteiger partial charge in [0.05, 0.1) is 6.54 Å². The first kappa shape index (κ1) is 9.15. The van der Waals surface area contributed by atoms with E-state index in [-0.39, 0.29) is 5.89 Å². The number of hydrogen-bond donors (Lipinski definition) is 1. The second-order valence-corrected chi connectivity index (χ2v) is 2.96. The smallest absolute Gasteiger partial charge is 0.255 e. The van der Waals surface area contributed by atoms with Crippen molar-refractivity contribution in [1.82, 2.24) is 15.0 Å². The Kier molecular flexibility index (Phi) is 2.78. The summed E-state index contributed by atoms with van der Waals surface area (Å²) in [6, 6.07) is 0. The number of aromatic nitrogens is 2. The monoisotopic (exact) mass is 171 g/mol. The summed E-state index contributed by atoms with van der Waals surface area (Å²) in [7, 11) is 3.83. The van der Waals surface area contributed by atoms with E-state index in [9.17, 15) is 0 Å². The third kappa shape index (κ3) is 2.28. The van der Waals surface area contributed by atoms with Crippen LogP contribution in [0.4, 0.5) is 0 Å². The van der Waals surface area contributed by atoms with E-state index in [1.165, 1.54) is 0 Å². The highest BCUT2D eigenvalue weighted by Crippen LogP contribution is 2.08. The van der Waals surface area contributed by atoms with E-state index in [1.807, 2.05) is 19.0 Å². The summed E-state index contributed by atoms with van der Waals surface area (Å²) in [5, 5.41) is 12.8. The van der Waals surface area contributed by atoms with Crippen molar-refractivity contribution in [3.63, 3.8) is 0 Å². The third-order valence-electron chi connectivity index (χ3n) is 1.30. The van der Waals surface area contributed by atoms with Crippen molar-refractivity contribution in [2.24, 2.45) is 0 Å². The zero-order valence-electron chi connectivity index (χ0n) is 7.48. The van der Waals surface area contributed by atoms with Gasteiger partial charge in [-0.3, -0.25) is 0 Å². The van der Waals surface area contributed by atoms with Gasteiger partial charge in [0.2, 0.25) is 0 Å². The van der Waals surface area contributed by atoms with Gasteiger partial charge in [0.15, 0.2) is 5.82 Å².